The third-order valence-electron chi connectivity index (χ3n) is 2.52. The molecule has 0 saturated carbocycles. The van der Waals surface area contributed by atoms with Crippen molar-refractivity contribution in [2.45, 2.75) is 13.3 Å². The van der Waals surface area contributed by atoms with E-state index in [9.17, 15) is 4.79 Å². The lowest BCUT2D eigenvalue weighted by atomic mass is 10.3. The summed E-state index contributed by atoms with van der Waals surface area (Å²) in [4.78, 5) is 16.1. The fourth-order valence-electron chi connectivity index (χ4n) is 1.52. The van der Waals surface area contributed by atoms with Crippen molar-refractivity contribution in [1.29, 1.82) is 0 Å². The molecule has 2 aromatic rings. The number of carbonyl (C=O) groups excluding carboxylic acids is 1. The molecule has 0 saturated heterocycles. The summed E-state index contributed by atoms with van der Waals surface area (Å²) in [5, 5.41) is 9.75. The minimum atomic E-state index is -0.200. The minimum Gasteiger partial charge on any atom is -0.383 e. The standard InChI is InChI=1S/C11H15N5OS/c1-7-6-18-9(15-7)3-4-13-11(17)8-5-14-16(2)10(8)12/h5-6H,3-4,12H2,1-2H3,(H,13,17). The molecule has 0 aliphatic heterocycles. The van der Waals surface area contributed by atoms with Gasteiger partial charge >= 0.3 is 0 Å². The van der Waals surface area contributed by atoms with Crippen LogP contribution in [0.4, 0.5) is 5.82 Å². The molecule has 6 nitrogen and oxygen atoms in total. The van der Waals surface area contributed by atoms with Crippen LogP contribution < -0.4 is 11.1 Å². The Hall–Kier alpha value is -1.89. The van der Waals surface area contributed by atoms with Gasteiger partial charge in [0.05, 0.1) is 11.2 Å². The number of carbonyl (C=O) groups is 1. The van der Waals surface area contributed by atoms with E-state index in [0.717, 1.165) is 17.1 Å². The third kappa shape index (κ3) is 2.67. The number of aryl methyl sites for hydroxylation is 2. The number of hydrogen-bond acceptors (Lipinski definition) is 5. The number of hydrogen-bond donors (Lipinski definition) is 2. The average molecular weight is 265 g/mol. The first-order chi connectivity index (χ1) is 8.58. The van der Waals surface area contributed by atoms with E-state index >= 15 is 0 Å². The lowest BCUT2D eigenvalue weighted by Crippen LogP contribution is -2.26. The van der Waals surface area contributed by atoms with E-state index in [4.69, 9.17) is 5.73 Å². The van der Waals surface area contributed by atoms with E-state index in [0.29, 0.717) is 17.9 Å². The number of aromatic nitrogens is 3. The minimum absolute atomic E-state index is 0.200. The maximum atomic E-state index is 11.8. The summed E-state index contributed by atoms with van der Waals surface area (Å²) in [5.41, 5.74) is 7.14. The molecule has 0 atom stereocenters. The highest BCUT2D eigenvalue weighted by molar-refractivity contribution is 7.09. The van der Waals surface area contributed by atoms with Crippen LogP contribution in [0.25, 0.3) is 0 Å². The van der Waals surface area contributed by atoms with Crippen LogP contribution in [-0.4, -0.2) is 27.2 Å². The van der Waals surface area contributed by atoms with Crippen LogP contribution in [-0.2, 0) is 13.5 Å². The molecule has 2 rings (SSSR count). The summed E-state index contributed by atoms with van der Waals surface area (Å²) < 4.78 is 1.47. The Labute approximate surface area is 109 Å². The number of nitrogens with zero attached hydrogens (tertiary/aromatic N) is 3. The maximum absolute atomic E-state index is 11.8. The number of rotatable bonds is 4. The molecule has 1 amide bonds. The smallest absolute Gasteiger partial charge is 0.256 e. The van der Waals surface area contributed by atoms with Gasteiger partial charge in [-0.05, 0) is 6.92 Å². The largest absolute Gasteiger partial charge is 0.383 e. The lowest BCUT2D eigenvalue weighted by molar-refractivity contribution is 0.0955. The van der Waals surface area contributed by atoms with Gasteiger partial charge in [-0.1, -0.05) is 0 Å². The SMILES string of the molecule is Cc1csc(CCNC(=O)c2cnn(C)c2N)n1. The van der Waals surface area contributed by atoms with E-state index in [-0.39, 0.29) is 5.91 Å². The number of nitrogen functional groups attached to an aromatic ring is 1. The monoisotopic (exact) mass is 265 g/mol. The maximum Gasteiger partial charge on any atom is 0.256 e. The molecule has 0 aliphatic carbocycles. The van der Waals surface area contributed by atoms with E-state index in [1.165, 1.54) is 10.9 Å². The molecule has 2 aromatic heterocycles. The molecule has 0 fully saturated rings. The van der Waals surface area contributed by atoms with Crippen LogP contribution in [0.2, 0.25) is 0 Å². The van der Waals surface area contributed by atoms with Gasteiger partial charge in [-0.15, -0.1) is 11.3 Å². The Morgan fingerprint density at radius 1 is 1.61 bits per heavy atom. The number of amides is 1. The van der Waals surface area contributed by atoms with Gasteiger partial charge in [-0.2, -0.15) is 5.10 Å². The Kier molecular flexibility index (Phi) is 3.61. The second kappa shape index (κ2) is 5.18. The van der Waals surface area contributed by atoms with E-state index < -0.39 is 0 Å². The molecule has 0 aliphatic rings. The van der Waals surface area contributed by atoms with Crippen LogP contribution in [0.3, 0.4) is 0 Å². The summed E-state index contributed by atoms with van der Waals surface area (Å²) in [7, 11) is 1.70. The van der Waals surface area contributed by atoms with Crippen LogP contribution in [0.5, 0.6) is 0 Å². The second-order valence-corrected chi connectivity index (χ2v) is 4.90. The number of anilines is 1. The van der Waals surface area contributed by atoms with Gasteiger partial charge in [0, 0.05) is 31.1 Å². The zero-order valence-corrected chi connectivity index (χ0v) is 11.1. The summed E-state index contributed by atoms with van der Waals surface area (Å²) in [6.45, 7) is 2.50. The molecule has 0 spiro atoms. The molecule has 0 radical (unpaired) electrons. The second-order valence-electron chi connectivity index (χ2n) is 3.96. The topological polar surface area (TPSA) is 85.8 Å². The van der Waals surface area contributed by atoms with Gasteiger partial charge in [0.15, 0.2) is 0 Å². The summed E-state index contributed by atoms with van der Waals surface area (Å²) in [5.74, 6) is 0.173. The molecule has 0 unspecified atom stereocenters. The van der Waals surface area contributed by atoms with E-state index in [1.54, 1.807) is 18.4 Å². The van der Waals surface area contributed by atoms with E-state index in [1.807, 2.05) is 12.3 Å². The van der Waals surface area contributed by atoms with Crippen LogP contribution in [0.1, 0.15) is 21.1 Å². The fraction of sp³-hybridized carbons (Fsp3) is 0.364. The van der Waals surface area contributed by atoms with Crippen LogP contribution in [0.15, 0.2) is 11.6 Å². The molecule has 7 heteroatoms. The predicted molar refractivity (Wildman–Crippen MR) is 70.5 cm³/mol. The Bertz CT molecular complexity index is 560. The van der Waals surface area contributed by atoms with Crippen molar-refractivity contribution in [1.82, 2.24) is 20.1 Å². The van der Waals surface area contributed by atoms with Crippen LogP contribution in [0, 0.1) is 6.92 Å². The summed E-state index contributed by atoms with van der Waals surface area (Å²) >= 11 is 1.60. The molecule has 2 heterocycles. The Morgan fingerprint density at radius 2 is 2.39 bits per heavy atom. The van der Waals surface area contributed by atoms with Crippen molar-refractivity contribution < 1.29 is 4.79 Å². The van der Waals surface area contributed by atoms with E-state index in [2.05, 4.69) is 15.4 Å². The fourth-order valence-corrected chi connectivity index (χ4v) is 2.29. The molecule has 96 valence electrons. The van der Waals surface area contributed by atoms with Crippen LogP contribution >= 0.6 is 11.3 Å². The number of thiazole rings is 1. The van der Waals surface area contributed by atoms with Gasteiger partial charge < -0.3 is 11.1 Å². The Morgan fingerprint density at radius 3 is 2.94 bits per heavy atom. The normalized spacial score (nSPS) is 10.6. The molecule has 0 aromatic carbocycles. The first-order valence-corrected chi connectivity index (χ1v) is 6.42. The molecular formula is C11H15N5OS. The number of nitrogens with two attached hydrogens (primary N) is 1. The first-order valence-electron chi connectivity index (χ1n) is 5.54. The van der Waals surface area contributed by atoms with Gasteiger partial charge in [-0.3, -0.25) is 9.48 Å². The molecule has 3 N–H and O–H groups in total. The first kappa shape index (κ1) is 12.6. The average Bonchev–Trinajstić information content (AvgIpc) is 2.87. The van der Waals surface area contributed by atoms with Crippen molar-refractivity contribution >= 4 is 23.1 Å². The highest BCUT2D eigenvalue weighted by Crippen LogP contribution is 2.10. The summed E-state index contributed by atoms with van der Waals surface area (Å²) in [6.07, 6.45) is 2.20. The third-order valence-corrected chi connectivity index (χ3v) is 3.55. The highest BCUT2D eigenvalue weighted by Gasteiger charge is 2.13. The summed E-state index contributed by atoms with van der Waals surface area (Å²) in [6, 6.07) is 0. The van der Waals surface area contributed by atoms with Crippen molar-refractivity contribution in [2.24, 2.45) is 7.05 Å². The van der Waals surface area contributed by atoms with Gasteiger partial charge in [0.1, 0.15) is 11.4 Å². The van der Waals surface area contributed by atoms with Gasteiger partial charge in [0.2, 0.25) is 0 Å². The number of nitrogens with one attached hydrogen (secondary N) is 1. The molecule has 18 heavy (non-hydrogen) atoms. The molecular weight excluding hydrogens is 250 g/mol. The molecule has 0 bridgehead atoms. The van der Waals surface area contributed by atoms with Gasteiger partial charge in [0.25, 0.3) is 5.91 Å². The quantitative estimate of drug-likeness (QED) is 0.853. The Balaban J connectivity index is 1.87. The lowest BCUT2D eigenvalue weighted by Gasteiger charge is -2.03. The highest BCUT2D eigenvalue weighted by atomic mass is 32.1. The van der Waals surface area contributed by atoms with Crippen molar-refractivity contribution in [3.63, 3.8) is 0 Å². The van der Waals surface area contributed by atoms with Gasteiger partial charge in [-0.25, -0.2) is 4.98 Å². The zero-order chi connectivity index (χ0) is 13.1. The van der Waals surface area contributed by atoms with Crippen molar-refractivity contribution in [2.75, 3.05) is 12.3 Å². The predicted octanol–water partition coefficient (Wildman–Crippen LogP) is 0.740. The zero-order valence-electron chi connectivity index (χ0n) is 10.3. The van der Waals surface area contributed by atoms with Crippen molar-refractivity contribution in [3.05, 3.63) is 27.8 Å². The van der Waals surface area contributed by atoms with Crippen molar-refractivity contribution in [3.8, 4) is 0 Å².